The van der Waals surface area contributed by atoms with Gasteiger partial charge in [0.2, 0.25) is 10.9 Å². The molecule has 3 heterocycles. The summed E-state index contributed by atoms with van der Waals surface area (Å²) in [5.74, 6) is 0.902. The molecule has 5 aromatic rings. The maximum absolute atomic E-state index is 13.9. The number of carbonyl (C=O) groups excluding carboxylic acids is 1. The van der Waals surface area contributed by atoms with E-state index in [2.05, 4.69) is 10.2 Å². The number of aryl methyl sites for hydroxylation is 3. The zero-order valence-electron chi connectivity index (χ0n) is 20.5. The zero-order chi connectivity index (χ0) is 25.7. The molecule has 6 rings (SSSR count). The summed E-state index contributed by atoms with van der Waals surface area (Å²) in [4.78, 5) is 29.2. The SMILES string of the molecule is CCc1nnc(N2C(=O)c3oc4cc(C)c(C)cc4c(=O)c3C2c2cccc(Oc3ccccc3)c2)s1. The van der Waals surface area contributed by atoms with Crippen LogP contribution in [0.15, 0.2) is 75.9 Å². The fraction of sp³-hybridized carbons (Fsp3) is 0.172. The quantitative estimate of drug-likeness (QED) is 0.274. The van der Waals surface area contributed by atoms with Gasteiger partial charge >= 0.3 is 0 Å². The van der Waals surface area contributed by atoms with Crippen molar-refractivity contribution in [2.75, 3.05) is 4.90 Å². The second-order valence-corrected chi connectivity index (χ2v) is 10.0. The van der Waals surface area contributed by atoms with E-state index >= 15 is 0 Å². The van der Waals surface area contributed by atoms with Crippen molar-refractivity contribution >= 4 is 33.3 Å². The lowest BCUT2D eigenvalue weighted by Crippen LogP contribution is -2.29. The summed E-state index contributed by atoms with van der Waals surface area (Å²) in [6.45, 7) is 5.88. The first kappa shape index (κ1) is 23.1. The van der Waals surface area contributed by atoms with Crippen LogP contribution in [0.3, 0.4) is 0 Å². The minimum absolute atomic E-state index is 0.0355. The number of hydrogen-bond donors (Lipinski definition) is 0. The fourth-order valence-corrected chi connectivity index (χ4v) is 5.40. The third-order valence-corrected chi connectivity index (χ3v) is 7.67. The van der Waals surface area contributed by atoms with Crippen molar-refractivity contribution in [2.24, 2.45) is 0 Å². The molecule has 1 amide bonds. The summed E-state index contributed by atoms with van der Waals surface area (Å²) in [5.41, 5.74) is 3.14. The lowest BCUT2D eigenvalue weighted by atomic mass is 9.97. The van der Waals surface area contributed by atoms with Crippen molar-refractivity contribution < 1.29 is 13.9 Å². The van der Waals surface area contributed by atoms with Crippen molar-refractivity contribution in [3.05, 3.63) is 110 Å². The molecular formula is C29H23N3O4S. The minimum Gasteiger partial charge on any atom is -0.457 e. The topological polar surface area (TPSA) is 85.5 Å². The van der Waals surface area contributed by atoms with Crippen molar-refractivity contribution in [2.45, 2.75) is 33.2 Å². The molecule has 3 aromatic carbocycles. The first-order chi connectivity index (χ1) is 17.9. The number of carbonyl (C=O) groups is 1. The molecule has 2 aromatic heterocycles. The van der Waals surface area contributed by atoms with Gasteiger partial charge in [-0.2, -0.15) is 0 Å². The molecule has 8 heteroatoms. The number of rotatable bonds is 5. The Morgan fingerprint density at radius 2 is 1.70 bits per heavy atom. The number of benzene rings is 3. The molecular weight excluding hydrogens is 486 g/mol. The first-order valence-corrected chi connectivity index (χ1v) is 12.8. The Morgan fingerprint density at radius 1 is 0.946 bits per heavy atom. The molecule has 1 atom stereocenters. The van der Waals surface area contributed by atoms with Crippen LogP contribution >= 0.6 is 11.3 Å². The predicted molar refractivity (Wildman–Crippen MR) is 143 cm³/mol. The molecule has 0 N–H and O–H groups in total. The maximum Gasteiger partial charge on any atom is 0.297 e. The largest absolute Gasteiger partial charge is 0.457 e. The molecule has 7 nitrogen and oxygen atoms in total. The average molecular weight is 510 g/mol. The number of amides is 1. The van der Waals surface area contributed by atoms with E-state index in [0.29, 0.717) is 45.1 Å². The molecule has 1 aliphatic heterocycles. The van der Waals surface area contributed by atoms with E-state index in [4.69, 9.17) is 9.15 Å². The van der Waals surface area contributed by atoms with Crippen LogP contribution in [-0.4, -0.2) is 16.1 Å². The summed E-state index contributed by atoms with van der Waals surface area (Å²) < 4.78 is 12.2. The highest BCUT2D eigenvalue weighted by Gasteiger charge is 2.45. The average Bonchev–Trinajstić information content (AvgIpc) is 3.49. The summed E-state index contributed by atoms with van der Waals surface area (Å²) >= 11 is 1.33. The fourth-order valence-electron chi connectivity index (χ4n) is 4.60. The van der Waals surface area contributed by atoms with Gasteiger partial charge in [-0.3, -0.25) is 14.5 Å². The van der Waals surface area contributed by atoms with Crippen LogP contribution in [0.2, 0.25) is 0 Å². The van der Waals surface area contributed by atoms with Crippen molar-refractivity contribution in [1.29, 1.82) is 0 Å². The zero-order valence-corrected chi connectivity index (χ0v) is 21.3. The van der Waals surface area contributed by atoms with Gasteiger partial charge in [0.1, 0.15) is 22.1 Å². The minimum atomic E-state index is -0.735. The third-order valence-electron chi connectivity index (χ3n) is 6.60. The standard InChI is InChI=1S/C29H23N3O4S/c1-4-23-30-31-29(37-23)32-25(18-9-8-12-20(15-18)35-19-10-6-5-7-11-19)24-26(33)21-13-16(2)17(3)14-22(21)36-27(24)28(32)34/h5-15,25H,4H2,1-3H3. The molecule has 0 bridgehead atoms. The molecule has 0 saturated heterocycles. The van der Waals surface area contributed by atoms with E-state index in [1.54, 1.807) is 0 Å². The molecule has 184 valence electrons. The monoisotopic (exact) mass is 509 g/mol. The lowest BCUT2D eigenvalue weighted by Gasteiger charge is -2.22. The number of aromatic nitrogens is 2. The highest BCUT2D eigenvalue weighted by Crippen LogP contribution is 2.43. The van der Waals surface area contributed by atoms with Crippen LogP contribution < -0.4 is 15.1 Å². The van der Waals surface area contributed by atoms with Crippen LogP contribution in [0.5, 0.6) is 11.5 Å². The van der Waals surface area contributed by atoms with Gasteiger partial charge in [0.05, 0.1) is 17.0 Å². The number of nitrogens with zero attached hydrogens (tertiary/aromatic N) is 3. The van der Waals surface area contributed by atoms with Gasteiger partial charge in [0.25, 0.3) is 5.91 Å². The van der Waals surface area contributed by atoms with Gasteiger partial charge in [-0.05, 0) is 73.4 Å². The van der Waals surface area contributed by atoms with E-state index in [1.807, 2.05) is 87.5 Å². The Hall–Kier alpha value is -4.30. The number of fused-ring (bicyclic) bond motifs is 2. The summed E-state index contributed by atoms with van der Waals surface area (Å²) in [6, 6.07) is 19.8. The Kier molecular flexibility index (Phi) is 5.61. The summed E-state index contributed by atoms with van der Waals surface area (Å²) in [7, 11) is 0. The summed E-state index contributed by atoms with van der Waals surface area (Å²) in [5, 5.41) is 10.2. The predicted octanol–water partition coefficient (Wildman–Crippen LogP) is 6.37. The van der Waals surface area contributed by atoms with Gasteiger partial charge in [0.15, 0.2) is 5.43 Å². The molecule has 0 radical (unpaired) electrons. The van der Waals surface area contributed by atoms with Crippen LogP contribution in [-0.2, 0) is 6.42 Å². The van der Waals surface area contributed by atoms with E-state index in [0.717, 1.165) is 16.1 Å². The van der Waals surface area contributed by atoms with Gasteiger partial charge in [-0.25, -0.2) is 0 Å². The number of para-hydroxylation sites is 1. The molecule has 0 aliphatic carbocycles. The first-order valence-electron chi connectivity index (χ1n) is 12.0. The van der Waals surface area contributed by atoms with Crippen molar-refractivity contribution in [3.8, 4) is 11.5 Å². The van der Waals surface area contributed by atoms with Gasteiger partial charge in [-0.1, -0.05) is 48.6 Å². The van der Waals surface area contributed by atoms with Gasteiger partial charge in [0, 0.05) is 0 Å². The number of ether oxygens (including phenoxy) is 1. The van der Waals surface area contributed by atoms with Gasteiger partial charge < -0.3 is 9.15 Å². The van der Waals surface area contributed by atoms with Crippen LogP contribution in [0.1, 0.15) is 50.8 Å². The van der Waals surface area contributed by atoms with Crippen molar-refractivity contribution in [3.63, 3.8) is 0 Å². The highest BCUT2D eigenvalue weighted by atomic mass is 32.1. The molecule has 0 spiro atoms. The van der Waals surface area contributed by atoms with Crippen LogP contribution in [0, 0.1) is 13.8 Å². The Bertz CT molecular complexity index is 1730. The van der Waals surface area contributed by atoms with E-state index in [-0.39, 0.29) is 11.2 Å². The van der Waals surface area contributed by atoms with Crippen LogP contribution in [0.4, 0.5) is 5.13 Å². The van der Waals surface area contributed by atoms with Crippen molar-refractivity contribution in [1.82, 2.24) is 10.2 Å². The maximum atomic E-state index is 13.9. The molecule has 1 aliphatic rings. The van der Waals surface area contributed by atoms with Crippen LogP contribution in [0.25, 0.3) is 11.0 Å². The Morgan fingerprint density at radius 3 is 2.46 bits per heavy atom. The smallest absolute Gasteiger partial charge is 0.297 e. The molecule has 0 fully saturated rings. The van der Waals surface area contributed by atoms with E-state index < -0.39 is 11.9 Å². The normalized spacial score (nSPS) is 14.8. The summed E-state index contributed by atoms with van der Waals surface area (Å²) in [6.07, 6.45) is 0.692. The van der Waals surface area contributed by atoms with Gasteiger partial charge in [-0.15, -0.1) is 10.2 Å². The second-order valence-electron chi connectivity index (χ2n) is 9.00. The molecule has 1 unspecified atom stereocenters. The highest BCUT2D eigenvalue weighted by molar-refractivity contribution is 7.15. The van der Waals surface area contributed by atoms with E-state index in [9.17, 15) is 9.59 Å². The Labute approximate surface area is 217 Å². The van der Waals surface area contributed by atoms with E-state index in [1.165, 1.54) is 16.2 Å². The Balaban J connectivity index is 1.56. The third kappa shape index (κ3) is 3.90. The second kappa shape index (κ2) is 8.97. The number of hydrogen-bond acceptors (Lipinski definition) is 7. The molecule has 37 heavy (non-hydrogen) atoms. The molecule has 0 saturated carbocycles. The number of anilines is 1. The lowest BCUT2D eigenvalue weighted by molar-refractivity contribution is 0.0970.